The molecule has 0 fully saturated rings. The Kier molecular flexibility index (Phi) is 16.6. The van der Waals surface area contributed by atoms with Crippen molar-refractivity contribution in [1.29, 1.82) is 0 Å². The molecule has 0 spiro atoms. The summed E-state index contributed by atoms with van der Waals surface area (Å²) in [7, 11) is 1.49. The summed E-state index contributed by atoms with van der Waals surface area (Å²) in [4.78, 5) is 47.5. The maximum Gasteiger partial charge on any atom is 0.408 e. The van der Waals surface area contributed by atoms with Crippen LogP contribution in [0.25, 0.3) is 0 Å². The van der Waals surface area contributed by atoms with E-state index in [1.54, 1.807) is 65.8 Å². The zero-order chi connectivity index (χ0) is 42.2. The standard InChI is InChI=1S/C22H28N2O5.C21H25NO6/c1-22(2,3)29-21(27)24-17(20(26)23-4)12-16-10-11-19(18(25)13-16)28-14-15-8-6-5-7-9-15;1-21(2,3)28-20(26)22-16(19(24)25)11-15-9-10-18(17(23)12-15)27-13-14-7-5-4-6-8-14/h5-11,13,17,25H,12,14H2,1-4H3,(H,23,26)(H,24,27);4-10,12,16,23H,11,13H2,1-3H3,(H,22,26)(H,24,25)/t17-;16-/m00/s1. The highest BCUT2D eigenvalue weighted by atomic mass is 16.6. The summed E-state index contributed by atoms with van der Waals surface area (Å²) in [6.45, 7) is 10.9. The lowest BCUT2D eigenvalue weighted by atomic mass is 10.0. The molecule has 2 atom stereocenters. The smallest absolute Gasteiger partial charge is 0.408 e. The summed E-state index contributed by atoms with van der Waals surface area (Å²) in [6.07, 6.45) is -1.32. The first-order valence-electron chi connectivity index (χ1n) is 18.2. The molecule has 14 nitrogen and oxygen atoms in total. The Hall–Kier alpha value is -6.44. The summed E-state index contributed by atoms with van der Waals surface area (Å²) in [5.74, 6) is -1.07. The second kappa shape index (κ2) is 21.0. The molecule has 0 aliphatic rings. The second-order valence-corrected chi connectivity index (χ2v) is 14.9. The number of carboxylic acid groups (broad SMARTS) is 1. The topological polar surface area (TPSA) is 202 Å². The summed E-state index contributed by atoms with van der Waals surface area (Å²) < 4.78 is 21.6. The van der Waals surface area contributed by atoms with E-state index in [1.165, 1.54) is 19.2 Å². The number of carbonyl (C=O) groups is 4. The van der Waals surface area contributed by atoms with Crippen LogP contribution in [0.1, 0.15) is 63.8 Å². The molecule has 0 radical (unpaired) electrons. The van der Waals surface area contributed by atoms with E-state index >= 15 is 0 Å². The van der Waals surface area contributed by atoms with E-state index in [4.69, 9.17) is 18.9 Å². The third-order valence-electron chi connectivity index (χ3n) is 7.64. The van der Waals surface area contributed by atoms with E-state index in [9.17, 15) is 34.5 Å². The fourth-order valence-electron chi connectivity index (χ4n) is 5.05. The van der Waals surface area contributed by atoms with Gasteiger partial charge in [-0.3, -0.25) is 4.79 Å². The Labute approximate surface area is 333 Å². The lowest BCUT2D eigenvalue weighted by Gasteiger charge is -2.23. The van der Waals surface area contributed by atoms with Gasteiger partial charge in [0.2, 0.25) is 5.91 Å². The quantitative estimate of drug-likeness (QED) is 0.0800. The van der Waals surface area contributed by atoms with Gasteiger partial charge >= 0.3 is 18.2 Å². The van der Waals surface area contributed by atoms with Gasteiger partial charge in [-0.2, -0.15) is 0 Å². The minimum Gasteiger partial charge on any atom is -0.504 e. The third-order valence-corrected chi connectivity index (χ3v) is 7.64. The highest BCUT2D eigenvalue weighted by Crippen LogP contribution is 2.29. The van der Waals surface area contributed by atoms with Crippen LogP contribution in [-0.4, -0.2) is 69.7 Å². The number of aliphatic carboxylic acids is 1. The van der Waals surface area contributed by atoms with Gasteiger partial charge in [-0.25, -0.2) is 14.4 Å². The molecule has 0 aliphatic heterocycles. The number of nitrogens with one attached hydrogen (secondary N) is 3. The Bertz CT molecular complexity index is 1920. The normalized spacial score (nSPS) is 12.1. The van der Waals surface area contributed by atoms with Crippen LogP contribution in [-0.2, 0) is 45.1 Å². The average molecular weight is 788 g/mol. The molecule has 0 aromatic heterocycles. The van der Waals surface area contributed by atoms with E-state index < -0.39 is 41.4 Å². The minimum absolute atomic E-state index is 0.0128. The number of phenolic OH excluding ortho intramolecular Hbond substituents is 2. The number of likely N-dealkylation sites (N-methyl/N-ethyl adjacent to an activating group) is 1. The number of aromatic hydroxyl groups is 2. The Morgan fingerprint density at radius 2 is 0.965 bits per heavy atom. The van der Waals surface area contributed by atoms with Gasteiger partial charge in [0.05, 0.1) is 0 Å². The molecule has 0 saturated carbocycles. The number of carbonyl (C=O) groups excluding carboxylic acids is 3. The summed E-state index contributed by atoms with van der Waals surface area (Å²) in [6, 6.07) is 26.6. The predicted molar refractivity (Wildman–Crippen MR) is 213 cm³/mol. The molecular formula is C43H53N3O11. The molecule has 0 bridgehead atoms. The minimum atomic E-state index is -1.20. The van der Waals surface area contributed by atoms with E-state index in [2.05, 4.69) is 16.0 Å². The van der Waals surface area contributed by atoms with E-state index in [0.717, 1.165) is 11.1 Å². The van der Waals surface area contributed by atoms with E-state index in [1.807, 2.05) is 60.7 Å². The van der Waals surface area contributed by atoms with Crippen molar-refractivity contribution in [3.05, 3.63) is 119 Å². The Morgan fingerprint density at radius 3 is 1.32 bits per heavy atom. The summed E-state index contributed by atoms with van der Waals surface area (Å²) in [5.41, 5.74) is 1.74. The molecule has 14 heteroatoms. The van der Waals surface area contributed by atoms with Crippen molar-refractivity contribution in [3.8, 4) is 23.0 Å². The molecule has 6 N–H and O–H groups in total. The number of benzene rings is 4. The van der Waals surface area contributed by atoms with Crippen LogP contribution < -0.4 is 25.4 Å². The van der Waals surface area contributed by atoms with Crippen molar-refractivity contribution in [2.75, 3.05) is 7.05 Å². The van der Waals surface area contributed by atoms with Crippen LogP contribution in [0.5, 0.6) is 23.0 Å². The zero-order valence-electron chi connectivity index (χ0n) is 33.3. The molecule has 0 heterocycles. The van der Waals surface area contributed by atoms with Gasteiger partial charge in [0.1, 0.15) is 36.5 Å². The van der Waals surface area contributed by atoms with Gasteiger partial charge in [0, 0.05) is 19.9 Å². The van der Waals surface area contributed by atoms with Crippen LogP contribution in [0, 0.1) is 0 Å². The van der Waals surface area contributed by atoms with Gasteiger partial charge in [0.15, 0.2) is 23.0 Å². The third kappa shape index (κ3) is 16.9. The highest BCUT2D eigenvalue weighted by Gasteiger charge is 2.26. The van der Waals surface area contributed by atoms with Crippen molar-refractivity contribution >= 4 is 24.1 Å². The first kappa shape index (κ1) is 45.0. The largest absolute Gasteiger partial charge is 0.504 e. The first-order valence-corrected chi connectivity index (χ1v) is 18.2. The molecule has 4 aromatic rings. The van der Waals surface area contributed by atoms with Crippen molar-refractivity contribution in [3.63, 3.8) is 0 Å². The molecular weight excluding hydrogens is 734 g/mol. The van der Waals surface area contributed by atoms with Gasteiger partial charge in [-0.05, 0) is 88.1 Å². The fourth-order valence-corrected chi connectivity index (χ4v) is 5.05. The molecule has 4 rings (SSSR count). The lowest BCUT2D eigenvalue weighted by Crippen LogP contribution is -2.48. The summed E-state index contributed by atoms with van der Waals surface area (Å²) in [5, 5.41) is 37.2. The van der Waals surface area contributed by atoms with Crippen LogP contribution in [0.15, 0.2) is 97.1 Å². The monoisotopic (exact) mass is 787 g/mol. The second-order valence-electron chi connectivity index (χ2n) is 14.9. The van der Waals surface area contributed by atoms with Gasteiger partial charge in [-0.15, -0.1) is 0 Å². The molecule has 0 unspecified atom stereocenters. The molecule has 3 amide bonds. The molecule has 0 aliphatic carbocycles. The molecule has 4 aromatic carbocycles. The number of alkyl carbamates (subject to hydrolysis) is 2. The van der Waals surface area contributed by atoms with Crippen LogP contribution in [0.4, 0.5) is 9.59 Å². The SMILES string of the molecule is CC(C)(C)OC(=O)N[C@@H](Cc1ccc(OCc2ccccc2)c(O)c1)C(=O)O.CNC(=O)[C@H](Cc1ccc(OCc2ccccc2)c(O)c1)NC(=O)OC(C)(C)C. The average Bonchev–Trinajstić information content (AvgIpc) is 3.13. The number of hydrogen-bond acceptors (Lipinski definition) is 10. The van der Waals surface area contributed by atoms with Gasteiger partial charge in [-0.1, -0.05) is 72.8 Å². The van der Waals surface area contributed by atoms with E-state index in [0.29, 0.717) is 35.8 Å². The lowest BCUT2D eigenvalue weighted by molar-refractivity contribution is -0.139. The van der Waals surface area contributed by atoms with Crippen LogP contribution in [0.3, 0.4) is 0 Å². The number of carboxylic acids is 1. The summed E-state index contributed by atoms with van der Waals surface area (Å²) >= 11 is 0. The molecule has 57 heavy (non-hydrogen) atoms. The number of phenols is 2. The van der Waals surface area contributed by atoms with Crippen molar-refractivity contribution < 1.29 is 53.4 Å². The van der Waals surface area contributed by atoms with Crippen molar-refractivity contribution in [1.82, 2.24) is 16.0 Å². The maximum absolute atomic E-state index is 12.2. The first-order chi connectivity index (χ1) is 26.8. The van der Waals surface area contributed by atoms with Gasteiger partial charge in [0.25, 0.3) is 0 Å². The number of ether oxygens (including phenoxy) is 4. The fraction of sp³-hybridized carbons (Fsp3) is 0.349. The van der Waals surface area contributed by atoms with Crippen LogP contribution >= 0.6 is 0 Å². The highest BCUT2D eigenvalue weighted by molar-refractivity contribution is 5.85. The predicted octanol–water partition coefficient (Wildman–Crippen LogP) is 6.64. The molecule has 0 saturated heterocycles. The number of hydrogen-bond donors (Lipinski definition) is 6. The van der Waals surface area contributed by atoms with Crippen molar-refractivity contribution in [2.24, 2.45) is 0 Å². The van der Waals surface area contributed by atoms with Crippen LogP contribution in [0.2, 0.25) is 0 Å². The zero-order valence-corrected chi connectivity index (χ0v) is 33.3. The van der Waals surface area contributed by atoms with Crippen molar-refractivity contribution in [2.45, 2.75) is 90.9 Å². The van der Waals surface area contributed by atoms with Gasteiger partial charge < -0.3 is 50.2 Å². The Morgan fingerprint density at radius 1 is 0.579 bits per heavy atom. The Balaban J connectivity index is 0.000000306. The molecule has 306 valence electrons. The maximum atomic E-state index is 12.2. The number of rotatable bonds is 14. The number of amides is 3. The van der Waals surface area contributed by atoms with E-state index in [-0.39, 0.29) is 30.2 Å².